The van der Waals surface area contributed by atoms with Crippen LogP contribution in [0.5, 0.6) is 0 Å². The fourth-order valence-electron chi connectivity index (χ4n) is 2.24. The lowest BCUT2D eigenvalue weighted by Crippen LogP contribution is -2.28. The smallest absolute Gasteiger partial charge is 0.366 e. The Labute approximate surface area is 149 Å². The van der Waals surface area contributed by atoms with Gasteiger partial charge in [0.15, 0.2) is 6.29 Å². The van der Waals surface area contributed by atoms with Gasteiger partial charge in [-0.05, 0) is 41.5 Å². The van der Waals surface area contributed by atoms with E-state index in [9.17, 15) is 35.8 Å². The van der Waals surface area contributed by atoms with Crippen LogP contribution in [0, 0.1) is 5.82 Å². The number of halogens is 7. The van der Waals surface area contributed by atoms with Crippen molar-refractivity contribution >= 4 is 0 Å². The van der Waals surface area contributed by atoms with Crippen LogP contribution in [-0.4, -0.2) is 11.4 Å². The van der Waals surface area contributed by atoms with Gasteiger partial charge in [0.2, 0.25) is 0 Å². The summed E-state index contributed by atoms with van der Waals surface area (Å²) in [6, 6.07) is 4.46. The van der Waals surface area contributed by atoms with Crippen molar-refractivity contribution in [2.24, 2.45) is 5.73 Å². The number of ether oxygens (including phenoxy) is 1. The van der Waals surface area contributed by atoms with Gasteiger partial charge in [-0.15, -0.1) is 0 Å². The Hall–Kier alpha value is -2.17. The SMILES string of the molecule is N[C@@H](c1ccc(F)cc1)[C@H](O)OCc1cc(C(F)(F)F)cc(C(F)(F)F)c1. The summed E-state index contributed by atoms with van der Waals surface area (Å²) in [4.78, 5) is 0. The number of hydrogen-bond donors (Lipinski definition) is 2. The van der Waals surface area contributed by atoms with Crippen LogP contribution >= 0.6 is 0 Å². The highest BCUT2D eigenvalue weighted by Crippen LogP contribution is 2.36. The zero-order valence-corrected chi connectivity index (χ0v) is 13.5. The number of benzene rings is 2. The Morgan fingerprint density at radius 3 is 1.81 bits per heavy atom. The zero-order chi connectivity index (χ0) is 20.4. The summed E-state index contributed by atoms with van der Waals surface area (Å²) in [5.41, 5.74) is 2.53. The molecule has 0 radical (unpaired) electrons. The Bertz CT molecular complexity index is 740. The van der Waals surface area contributed by atoms with E-state index < -0.39 is 53.8 Å². The third kappa shape index (κ3) is 5.65. The minimum atomic E-state index is -4.99. The summed E-state index contributed by atoms with van der Waals surface area (Å²) in [6.07, 6.45) is -11.7. The van der Waals surface area contributed by atoms with Crippen LogP contribution in [-0.2, 0) is 23.7 Å². The molecule has 0 saturated heterocycles. The summed E-state index contributed by atoms with van der Waals surface area (Å²) in [6.45, 7) is -0.747. The molecule has 2 aromatic carbocycles. The lowest BCUT2D eigenvalue weighted by atomic mass is 10.0. The van der Waals surface area contributed by atoms with Crippen molar-refractivity contribution < 1.29 is 40.6 Å². The Kier molecular flexibility index (Phi) is 6.13. The van der Waals surface area contributed by atoms with Crippen molar-refractivity contribution in [1.29, 1.82) is 0 Å². The number of hydrogen-bond acceptors (Lipinski definition) is 3. The molecule has 3 N–H and O–H groups in total. The molecule has 0 unspecified atom stereocenters. The standard InChI is InChI=1S/C17H14F7NO2/c18-13-3-1-10(2-4-13)14(25)15(26)27-8-9-5-11(16(19,20)21)7-12(6-9)17(22,23)24/h1-7,14-15,26H,8,25H2/t14-,15+/m0/s1. The summed E-state index contributed by atoms with van der Waals surface area (Å²) in [5.74, 6) is -0.551. The topological polar surface area (TPSA) is 55.5 Å². The first-order valence-corrected chi connectivity index (χ1v) is 7.47. The lowest BCUT2D eigenvalue weighted by molar-refractivity contribution is -0.143. The first kappa shape index (κ1) is 21.1. The average Bonchev–Trinajstić information content (AvgIpc) is 2.58. The molecule has 0 spiro atoms. The minimum Gasteiger partial charge on any atom is -0.366 e. The maximum Gasteiger partial charge on any atom is 0.416 e. The van der Waals surface area contributed by atoms with E-state index in [0.29, 0.717) is 12.1 Å². The van der Waals surface area contributed by atoms with Gasteiger partial charge in [0, 0.05) is 0 Å². The van der Waals surface area contributed by atoms with Crippen molar-refractivity contribution in [3.63, 3.8) is 0 Å². The van der Waals surface area contributed by atoms with E-state index in [1.165, 1.54) is 12.1 Å². The van der Waals surface area contributed by atoms with Crippen LogP contribution in [0.2, 0.25) is 0 Å². The van der Waals surface area contributed by atoms with E-state index >= 15 is 0 Å². The second-order valence-electron chi connectivity index (χ2n) is 5.69. The highest BCUT2D eigenvalue weighted by atomic mass is 19.4. The Morgan fingerprint density at radius 2 is 1.37 bits per heavy atom. The van der Waals surface area contributed by atoms with Crippen LogP contribution in [0.3, 0.4) is 0 Å². The second kappa shape index (κ2) is 7.83. The first-order valence-electron chi connectivity index (χ1n) is 7.47. The quantitative estimate of drug-likeness (QED) is 0.581. The molecule has 0 aliphatic rings. The highest BCUT2D eigenvalue weighted by Gasteiger charge is 2.37. The molecule has 0 saturated carbocycles. The number of aliphatic hydroxyl groups is 1. The van der Waals surface area contributed by atoms with Crippen molar-refractivity contribution in [3.8, 4) is 0 Å². The fourth-order valence-corrected chi connectivity index (χ4v) is 2.24. The van der Waals surface area contributed by atoms with Gasteiger partial charge in [-0.1, -0.05) is 12.1 Å². The summed E-state index contributed by atoms with van der Waals surface area (Å²) < 4.78 is 94.6. The molecule has 0 fully saturated rings. The number of alkyl halides is 6. The third-order valence-electron chi connectivity index (χ3n) is 3.63. The molecule has 10 heteroatoms. The number of aliphatic hydroxyl groups excluding tert-OH is 1. The van der Waals surface area contributed by atoms with Gasteiger partial charge in [-0.25, -0.2) is 4.39 Å². The van der Waals surface area contributed by atoms with Gasteiger partial charge in [0.25, 0.3) is 0 Å². The molecular weight excluding hydrogens is 383 g/mol. The van der Waals surface area contributed by atoms with E-state index in [4.69, 9.17) is 10.5 Å². The zero-order valence-electron chi connectivity index (χ0n) is 13.5. The van der Waals surface area contributed by atoms with Crippen LogP contribution in [0.4, 0.5) is 30.7 Å². The van der Waals surface area contributed by atoms with Gasteiger partial charge in [-0.2, -0.15) is 26.3 Å². The molecule has 0 bridgehead atoms. The Balaban J connectivity index is 2.17. The van der Waals surface area contributed by atoms with E-state index in [2.05, 4.69) is 0 Å². The maximum atomic E-state index is 12.9. The molecule has 3 nitrogen and oxygen atoms in total. The van der Waals surface area contributed by atoms with Gasteiger partial charge in [-0.3, -0.25) is 0 Å². The summed E-state index contributed by atoms with van der Waals surface area (Å²) in [7, 11) is 0. The molecule has 2 aromatic rings. The molecular formula is C17H14F7NO2. The minimum absolute atomic E-state index is 0.00974. The van der Waals surface area contributed by atoms with Crippen LogP contribution in [0.25, 0.3) is 0 Å². The second-order valence-corrected chi connectivity index (χ2v) is 5.69. The van der Waals surface area contributed by atoms with Crippen LogP contribution in [0.1, 0.15) is 28.3 Å². The van der Waals surface area contributed by atoms with E-state index in [0.717, 1.165) is 12.1 Å². The Morgan fingerprint density at radius 1 is 0.889 bits per heavy atom. The van der Waals surface area contributed by atoms with Gasteiger partial charge >= 0.3 is 12.4 Å². The monoisotopic (exact) mass is 397 g/mol. The molecule has 2 rings (SSSR count). The highest BCUT2D eigenvalue weighted by molar-refractivity contribution is 5.33. The predicted molar refractivity (Wildman–Crippen MR) is 80.6 cm³/mol. The van der Waals surface area contributed by atoms with Gasteiger partial charge in [0.1, 0.15) is 5.82 Å². The molecule has 0 aliphatic carbocycles. The normalized spacial score (nSPS) is 14.9. The van der Waals surface area contributed by atoms with E-state index in [1.54, 1.807) is 0 Å². The summed E-state index contributed by atoms with van der Waals surface area (Å²) >= 11 is 0. The molecule has 148 valence electrons. The molecule has 0 aromatic heterocycles. The third-order valence-corrected chi connectivity index (χ3v) is 3.63. The van der Waals surface area contributed by atoms with Crippen molar-refractivity contribution in [1.82, 2.24) is 0 Å². The number of nitrogens with two attached hydrogens (primary N) is 1. The average molecular weight is 397 g/mol. The lowest BCUT2D eigenvalue weighted by Gasteiger charge is -2.20. The predicted octanol–water partition coefficient (Wildman–Crippen LogP) is 4.40. The molecule has 27 heavy (non-hydrogen) atoms. The van der Waals surface area contributed by atoms with E-state index in [1.807, 2.05) is 0 Å². The molecule has 0 amide bonds. The number of rotatable bonds is 5. The van der Waals surface area contributed by atoms with Crippen LogP contribution < -0.4 is 5.73 Å². The van der Waals surface area contributed by atoms with Crippen molar-refractivity contribution in [2.75, 3.05) is 0 Å². The molecule has 0 heterocycles. The van der Waals surface area contributed by atoms with Crippen LogP contribution in [0.15, 0.2) is 42.5 Å². The summed E-state index contributed by atoms with van der Waals surface area (Å²) in [5, 5.41) is 9.87. The van der Waals surface area contributed by atoms with Gasteiger partial charge in [0.05, 0.1) is 23.8 Å². The fraction of sp³-hybridized carbons (Fsp3) is 0.294. The van der Waals surface area contributed by atoms with Gasteiger partial charge < -0.3 is 15.6 Å². The van der Waals surface area contributed by atoms with Crippen molar-refractivity contribution in [2.45, 2.75) is 31.3 Å². The maximum absolute atomic E-state index is 12.9. The van der Waals surface area contributed by atoms with E-state index in [-0.39, 0.29) is 11.6 Å². The molecule has 0 aliphatic heterocycles. The van der Waals surface area contributed by atoms with Crippen molar-refractivity contribution in [3.05, 3.63) is 70.5 Å². The largest absolute Gasteiger partial charge is 0.416 e. The first-order chi connectivity index (χ1) is 12.4. The molecule has 2 atom stereocenters.